The second-order valence-corrected chi connectivity index (χ2v) is 7.40. The average Bonchev–Trinajstić information content (AvgIpc) is 2.85. The van der Waals surface area contributed by atoms with Gasteiger partial charge in [0.2, 0.25) is 5.79 Å². The van der Waals surface area contributed by atoms with Crippen LogP contribution in [0.4, 0.5) is 0 Å². The molecule has 14 nitrogen and oxygen atoms in total. The Bertz CT molecular complexity index is 553. The minimum atomic E-state index is -4.93. The van der Waals surface area contributed by atoms with Gasteiger partial charge in [0.15, 0.2) is 6.29 Å². The van der Waals surface area contributed by atoms with E-state index in [2.05, 4.69) is 4.52 Å². The Labute approximate surface area is 209 Å². The molecular formula is C12H25Na2O14P. The summed E-state index contributed by atoms with van der Waals surface area (Å²) in [7, 11) is -4.93. The van der Waals surface area contributed by atoms with Crippen molar-refractivity contribution in [3.8, 4) is 0 Å². The Hall–Kier alpha value is 1.71. The molecule has 0 aromatic heterocycles. The molecule has 0 aliphatic carbocycles. The van der Waals surface area contributed by atoms with Crippen LogP contribution in [-0.4, -0.2) is 179 Å². The fourth-order valence-corrected chi connectivity index (χ4v) is 3.13. The van der Waals surface area contributed by atoms with Crippen molar-refractivity contribution >= 4 is 66.9 Å². The summed E-state index contributed by atoms with van der Waals surface area (Å²) in [4.78, 5) is 17.4. The van der Waals surface area contributed by atoms with Gasteiger partial charge >= 0.3 is 66.9 Å². The van der Waals surface area contributed by atoms with Gasteiger partial charge in [-0.1, -0.05) is 0 Å². The number of rotatable bonds is 7. The van der Waals surface area contributed by atoms with Crippen LogP contribution in [0, 0.1) is 0 Å². The third-order valence-electron chi connectivity index (χ3n) is 4.30. The van der Waals surface area contributed by atoms with Crippen LogP contribution in [0.15, 0.2) is 0 Å². The first-order valence-electron chi connectivity index (χ1n) is 7.79. The Morgan fingerprint density at radius 1 is 0.897 bits per heavy atom. The predicted molar refractivity (Wildman–Crippen MR) is 93.8 cm³/mol. The summed E-state index contributed by atoms with van der Waals surface area (Å²) in [6, 6.07) is 0. The topological polar surface area (TPSA) is 236 Å². The van der Waals surface area contributed by atoms with Crippen molar-refractivity contribution in [2.45, 2.75) is 54.8 Å². The molecule has 9 atom stereocenters. The van der Waals surface area contributed by atoms with E-state index >= 15 is 0 Å². The molecule has 164 valence electrons. The number of hydrogen-bond donors (Lipinski definition) is 9. The predicted octanol–water partition coefficient (Wildman–Crippen LogP) is -6.58. The first kappa shape index (κ1) is 30.7. The summed E-state index contributed by atoms with van der Waals surface area (Å²) in [6.07, 6.45) is -14.0. The number of phosphoric ester groups is 1. The van der Waals surface area contributed by atoms with E-state index in [1.54, 1.807) is 0 Å². The van der Waals surface area contributed by atoms with E-state index < -0.39 is 82.4 Å². The van der Waals surface area contributed by atoms with E-state index in [1.807, 2.05) is 0 Å². The molecule has 29 heavy (non-hydrogen) atoms. The fourth-order valence-electron chi connectivity index (χ4n) is 2.79. The number of aliphatic hydroxyl groups excluding tert-OH is 7. The maximum absolute atomic E-state index is 10.8. The van der Waals surface area contributed by atoms with Gasteiger partial charge < -0.3 is 59.7 Å². The van der Waals surface area contributed by atoms with Crippen LogP contribution in [0.1, 0.15) is 0 Å². The normalized spacial score (nSPS) is 42.8. The summed E-state index contributed by atoms with van der Waals surface area (Å²) in [5.41, 5.74) is 0. The minimum absolute atomic E-state index is 0. The van der Waals surface area contributed by atoms with Gasteiger partial charge in [-0.2, -0.15) is 0 Å². The zero-order valence-corrected chi connectivity index (χ0v) is 14.6. The Morgan fingerprint density at radius 3 is 1.93 bits per heavy atom. The van der Waals surface area contributed by atoms with Crippen molar-refractivity contribution < 1.29 is 68.8 Å². The van der Waals surface area contributed by atoms with Gasteiger partial charge in [0.05, 0.1) is 13.2 Å². The van der Waals surface area contributed by atoms with Gasteiger partial charge in [-0.15, -0.1) is 0 Å². The average molecular weight is 470 g/mol. The van der Waals surface area contributed by atoms with Gasteiger partial charge in [0.1, 0.15) is 49.3 Å². The van der Waals surface area contributed by atoms with E-state index in [4.69, 9.17) is 29.1 Å². The molecule has 2 saturated heterocycles. The molecule has 0 amide bonds. The van der Waals surface area contributed by atoms with Crippen LogP contribution < -0.4 is 0 Å². The summed E-state index contributed by atoms with van der Waals surface area (Å²) >= 11 is 0. The molecule has 0 aromatic carbocycles. The van der Waals surface area contributed by atoms with E-state index in [1.165, 1.54) is 0 Å². The van der Waals surface area contributed by atoms with Crippen LogP contribution in [-0.2, 0) is 23.3 Å². The van der Waals surface area contributed by atoms with Gasteiger partial charge in [0.25, 0.3) is 0 Å². The second-order valence-electron chi connectivity index (χ2n) is 6.16. The molecule has 0 spiro atoms. The van der Waals surface area contributed by atoms with Gasteiger partial charge in [0, 0.05) is 0 Å². The van der Waals surface area contributed by atoms with Crippen LogP contribution in [0.2, 0.25) is 0 Å². The number of aliphatic hydroxyl groups is 7. The molecule has 0 radical (unpaired) electrons. The van der Waals surface area contributed by atoms with Crippen LogP contribution in [0.5, 0.6) is 0 Å². The molecule has 2 aliphatic heterocycles. The van der Waals surface area contributed by atoms with Crippen molar-refractivity contribution in [3.63, 3.8) is 0 Å². The first-order valence-corrected chi connectivity index (χ1v) is 9.32. The molecule has 0 aromatic rings. The molecule has 0 saturated carbocycles. The van der Waals surface area contributed by atoms with Crippen molar-refractivity contribution in [3.05, 3.63) is 0 Å². The molecule has 2 fully saturated rings. The third kappa shape index (κ3) is 7.09. The molecular weight excluding hydrogens is 445 g/mol. The van der Waals surface area contributed by atoms with Crippen molar-refractivity contribution in [1.82, 2.24) is 0 Å². The Balaban J connectivity index is 0.00000392. The van der Waals surface area contributed by atoms with Crippen LogP contribution in [0.3, 0.4) is 0 Å². The zero-order valence-electron chi connectivity index (χ0n) is 13.8. The number of phosphoric acid groups is 1. The van der Waals surface area contributed by atoms with Gasteiger partial charge in [-0.05, 0) is 0 Å². The van der Waals surface area contributed by atoms with Crippen LogP contribution in [0.25, 0.3) is 0 Å². The Kier molecular flexibility index (Phi) is 13.0. The first-order chi connectivity index (χ1) is 12.5. The summed E-state index contributed by atoms with van der Waals surface area (Å²) in [5.74, 6) is -2.35. The maximum atomic E-state index is 10.8. The van der Waals surface area contributed by atoms with E-state index in [9.17, 15) is 35.2 Å². The molecule has 2 rings (SSSR count). The standard InChI is InChI=1S/C12H23O14P.2Na.2H/c13-1-4-7(16)10(19)12(3-14,25-4)26-11-9(18)8(17)6(15)5(24-11)2-23-27(20,21)22;;;;/h4-11,13-19H,1-3H2,(H2,20,21,22);;;;/t4-,5-,6-,7-,8+,9-,10+,11-,12+;;;;/m1..../s1. The van der Waals surface area contributed by atoms with Gasteiger partial charge in [-0.3, -0.25) is 4.52 Å². The molecule has 0 bridgehead atoms. The fraction of sp³-hybridized carbons (Fsp3) is 1.00. The molecule has 17 heteroatoms. The van der Waals surface area contributed by atoms with Crippen molar-refractivity contribution in [2.24, 2.45) is 0 Å². The van der Waals surface area contributed by atoms with Gasteiger partial charge in [-0.25, -0.2) is 4.57 Å². The van der Waals surface area contributed by atoms with Crippen LogP contribution >= 0.6 is 7.82 Å². The molecule has 0 unspecified atom stereocenters. The van der Waals surface area contributed by atoms with E-state index in [0.29, 0.717) is 0 Å². The van der Waals surface area contributed by atoms with Crippen molar-refractivity contribution in [1.29, 1.82) is 0 Å². The van der Waals surface area contributed by atoms with E-state index in [0.717, 1.165) is 0 Å². The second kappa shape index (κ2) is 12.3. The number of hydrogen-bond acceptors (Lipinski definition) is 12. The summed E-state index contributed by atoms with van der Waals surface area (Å²) < 4.78 is 30.4. The third-order valence-corrected chi connectivity index (χ3v) is 4.78. The Morgan fingerprint density at radius 2 is 1.48 bits per heavy atom. The quantitative estimate of drug-likeness (QED) is 0.124. The monoisotopic (exact) mass is 470 g/mol. The summed E-state index contributed by atoms with van der Waals surface area (Å²) in [6.45, 7) is -2.69. The SMILES string of the molecule is O=P(O)(O)OC[C@H]1O[C@H](O[C@]2(CO)O[C@H](CO)[C@@H](O)[C@@H]2O)[C@H](O)[C@@H](O)[C@@H]1O.[NaH].[NaH]. The molecule has 2 heterocycles. The van der Waals surface area contributed by atoms with E-state index in [-0.39, 0.29) is 59.1 Å². The summed E-state index contributed by atoms with van der Waals surface area (Å²) in [5, 5.41) is 68.3. The molecule has 9 N–H and O–H groups in total. The zero-order chi connectivity index (χ0) is 20.6. The number of ether oxygens (including phenoxy) is 3. The van der Waals surface area contributed by atoms with Crippen molar-refractivity contribution in [2.75, 3.05) is 19.8 Å². The molecule has 2 aliphatic rings.